The van der Waals surface area contributed by atoms with Crippen molar-refractivity contribution in [3.8, 4) is 5.75 Å². The number of halogens is 1. The van der Waals surface area contributed by atoms with E-state index in [-0.39, 0.29) is 18.6 Å². The Morgan fingerprint density at radius 3 is 2.48 bits per heavy atom. The van der Waals surface area contributed by atoms with Gasteiger partial charge in [0, 0.05) is 0 Å². The molecule has 0 unspecified atom stereocenters. The molecule has 0 saturated carbocycles. The Kier molecular flexibility index (Phi) is 8.09. The minimum Gasteiger partial charge on any atom is -0.466 e. The third-order valence-electron chi connectivity index (χ3n) is 2.85. The van der Waals surface area contributed by atoms with Crippen molar-refractivity contribution < 1.29 is 23.5 Å². The van der Waals surface area contributed by atoms with Gasteiger partial charge in [0.2, 0.25) is 0 Å². The fourth-order valence-electron chi connectivity index (χ4n) is 1.69. The molecule has 0 aromatic heterocycles. The van der Waals surface area contributed by atoms with E-state index < -0.39 is 17.8 Å². The number of ether oxygens (including phenoxy) is 2. The Hall–Kier alpha value is -1.91. The van der Waals surface area contributed by atoms with Gasteiger partial charge in [-0.15, -0.1) is 0 Å². The van der Waals surface area contributed by atoms with Gasteiger partial charge in [-0.25, -0.2) is 4.39 Å². The molecule has 0 fully saturated rings. The van der Waals surface area contributed by atoms with Gasteiger partial charge in [-0.3, -0.25) is 9.59 Å². The van der Waals surface area contributed by atoms with Crippen molar-refractivity contribution in [1.82, 2.24) is 0 Å². The van der Waals surface area contributed by atoms with Crippen molar-refractivity contribution in [2.24, 2.45) is 0 Å². The van der Waals surface area contributed by atoms with E-state index in [0.29, 0.717) is 6.61 Å². The number of esters is 2. The second-order valence-electron chi connectivity index (χ2n) is 4.69. The highest BCUT2D eigenvalue weighted by molar-refractivity contribution is 5.79. The number of carbonyl (C=O) groups excluding carboxylic acids is 2. The Morgan fingerprint density at radius 2 is 1.76 bits per heavy atom. The number of unbranched alkanes of at least 4 members (excludes halogenated alkanes) is 3. The summed E-state index contributed by atoms with van der Waals surface area (Å²) in [5, 5.41) is 0. The van der Waals surface area contributed by atoms with Gasteiger partial charge in [0.1, 0.15) is 0 Å². The molecule has 0 aliphatic heterocycles. The van der Waals surface area contributed by atoms with Crippen LogP contribution in [0.2, 0.25) is 0 Å². The lowest BCUT2D eigenvalue weighted by Crippen LogP contribution is -2.13. The van der Waals surface area contributed by atoms with Gasteiger partial charge in [0.25, 0.3) is 0 Å². The van der Waals surface area contributed by atoms with Crippen LogP contribution in [-0.2, 0) is 14.3 Å². The van der Waals surface area contributed by atoms with E-state index in [0.717, 1.165) is 25.7 Å². The van der Waals surface area contributed by atoms with Gasteiger partial charge >= 0.3 is 11.9 Å². The molecule has 0 heterocycles. The average Bonchev–Trinajstić information content (AvgIpc) is 2.47. The molecule has 0 radical (unpaired) electrons. The molecular weight excluding hydrogens is 275 g/mol. The highest BCUT2D eigenvalue weighted by Gasteiger charge is 2.12. The second kappa shape index (κ2) is 9.91. The van der Waals surface area contributed by atoms with Crippen LogP contribution < -0.4 is 4.74 Å². The summed E-state index contributed by atoms with van der Waals surface area (Å²) in [6.45, 7) is 2.48. The minimum absolute atomic E-state index is 0.0545. The smallest absolute Gasteiger partial charge is 0.311 e. The molecule has 0 bridgehead atoms. The molecule has 0 aliphatic rings. The zero-order chi connectivity index (χ0) is 15.5. The maximum atomic E-state index is 13.2. The largest absolute Gasteiger partial charge is 0.466 e. The summed E-state index contributed by atoms with van der Waals surface area (Å²) >= 11 is 0. The normalized spacial score (nSPS) is 10.2. The first-order valence-electron chi connectivity index (χ1n) is 7.24. The van der Waals surface area contributed by atoms with Gasteiger partial charge in [-0.2, -0.15) is 0 Å². The fraction of sp³-hybridized carbons (Fsp3) is 0.500. The molecule has 0 saturated heterocycles. The van der Waals surface area contributed by atoms with Crippen LogP contribution in [0.3, 0.4) is 0 Å². The number of hydrogen-bond donors (Lipinski definition) is 0. The second-order valence-corrected chi connectivity index (χ2v) is 4.69. The van der Waals surface area contributed by atoms with Crippen molar-refractivity contribution >= 4 is 11.9 Å². The molecule has 5 heteroatoms. The third kappa shape index (κ3) is 7.44. The van der Waals surface area contributed by atoms with E-state index in [1.54, 1.807) is 6.07 Å². The van der Waals surface area contributed by atoms with Crippen LogP contribution in [0.15, 0.2) is 24.3 Å². The zero-order valence-electron chi connectivity index (χ0n) is 12.3. The van der Waals surface area contributed by atoms with E-state index in [1.165, 1.54) is 18.2 Å². The van der Waals surface area contributed by atoms with E-state index in [2.05, 4.69) is 6.92 Å². The van der Waals surface area contributed by atoms with Crippen molar-refractivity contribution in [3.63, 3.8) is 0 Å². The summed E-state index contributed by atoms with van der Waals surface area (Å²) in [6.07, 6.45) is 3.92. The predicted molar refractivity (Wildman–Crippen MR) is 76.4 cm³/mol. The third-order valence-corrected chi connectivity index (χ3v) is 2.85. The molecule has 21 heavy (non-hydrogen) atoms. The topological polar surface area (TPSA) is 52.6 Å². The monoisotopic (exact) mass is 296 g/mol. The molecular formula is C16H21FO4. The van der Waals surface area contributed by atoms with Gasteiger partial charge < -0.3 is 9.47 Å². The molecule has 0 spiro atoms. The first-order valence-corrected chi connectivity index (χ1v) is 7.24. The van der Waals surface area contributed by atoms with Crippen molar-refractivity contribution in [2.75, 3.05) is 6.61 Å². The Balaban J connectivity index is 2.18. The van der Waals surface area contributed by atoms with Crippen LogP contribution in [-0.4, -0.2) is 18.5 Å². The number of para-hydroxylation sites is 1. The standard InChI is InChI=1S/C16H21FO4/c1-2-3-4-7-12-20-15(18)10-11-16(19)21-14-9-6-5-8-13(14)17/h5-6,8-9H,2-4,7,10-12H2,1H3. The van der Waals surface area contributed by atoms with Crippen LogP contribution in [0.1, 0.15) is 45.4 Å². The maximum Gasteiger partial charge on any atom is 0.311 e. The molecule has 0 amide bonds. The van der Waals surface area contributed by atoms with Crippen LogP contribution in [0.4, 0.5) is 4.39 Å². The Morgan fingerprint density at radius 1 is 1.05 bits per heavy atom. The van der Waals surface area contributed by atoms with Crippen molar-refractivity contribution in [2.45, 2.75) is 45.4 Å². The highest BCUT2D eigenvalue weighted by atomic mass is 19.1. The van der Waals surface area contributed by atoms with E-state index >= 15 is 0 Å². The van der Waals surface area contributed by atoms with E-state index in [1.807, 2.05) is 0 Å². The van der Waals surface area contributed by atoms with Crippen LogP contribution in [0.5, 0.6) is 5.75 Å². The Bertz CT molecular complexity index is 459. The molecule has 116 valence electrons. The number of rotatable bonds is 9. The molecule has 0 N–H and O–H groups in total. The summed E-state index contributed by atoms with van der Waals surface area (Å²) < 4.78 is 23.1. The molecule has 1 aromatic carbocycles. The lowest BCUT2D eigenvalue weighted by Gasteiger charge is -2.06. The number of hydrogen-bond acceptors (Lipinski definition) is 4. The van der Waals surface area contributed by atoms with Gasteiger partial charge in [-0.05, 0) is 18.6 Å². The average molecular weight is 296 g/mol. The summed E-state index contributed by atoms with van der Waals surface area (Å²) in [4.78, 5) is 22.9. The molecule has 1 rings (SSSR count). The molecule has 4 nitrogen and oxygen atoms in total. The van der Waals surface area contributed by atoms with E-state index in [4.69, 9.17) is 9.47 Å². The molecule has 1 aromatic rings. The van der Waals surface area contributed by atoms with Gasteiger partial charge in [0.05, 0.1) is 19.4 Å². The lowest BCUT2D eigenvalue weighted by molar-refractivity contribution is -0.147. The quantitative estimate of drug-likeness (QED) is 0.396. The van der Waals surface area contributed by atoms with Crippen LogP contribution in [0, 0.1) is 5.82 Å². The summed E-state index contributed by atoms with van der Waals surface area (Å²) in [5.41, 5.74) is 0. The maximum absolute atomic E-state index is 13.2. The fourth-order valence-corrected chi connectivity index (χ4v) is 1.69. The zero-order valence-corrected chi connectivity index (χ0v) is 12.3. The predicted octanol–water partition coefficient (Wildman–Crippen LogP) is 3.63. The number of carbonyl (C=O) groups is 2. The van der Waals surface area contributed by atoms with Crippen LogP contribution in [0.25, 0.3) is 0 Å². The summed E-state index contributed by atoms with van der Waals surface area (Å²) in [6, 6.07) is 5.63. The van der Waals surface area contributed by atoms with Crippen molar-refractivity contribution in [3.05, 3.63) is 30.1 Å². The molecule has 0 aliphatic carbocycles. The van der Waals surface area contributed by atoms with Gasteiger partial charge in [-0.1, -0.05) is 38.3 Å². The van der Waals surface area contributed by atoms with Crippen LogP contribution >= 0.6 is 0 Å². The lowest BCUT2D eigenvalue weighted by atomic mass is 10.2. The highest BCUT2D eigenvalue weighted by Crippen LogP contribution is 2.16. The first-order chi connectivity index (χ1) is 10.1. The van der Waals surface area contributed by atoms with Gasteiger partial charge in [0.15, 0.2) is 11.6 Å². The SMILES string of the molecule is CCCCCCOC(=O)CCC(=O)Oc1ccccc1F. The number of benzene rings is 1. The minimum atomic E-state index is -0.650. The summed E-state index contributed by atoms with van der Waals surface area (Å²) in [5.74, 6) is -1.82. The Labute approximate surface area is 124 Å². The first kappa shape index (κ1) is 17.1. The summed E-state index contributed by atoms with van der Waals surface area (Å²) in [7, 11) is 0. The molecule has 0 atom stereocenters. The van der Waals surface area contributed by atoms with Crippen molar-refractivity contribution in [1.29, 1.82) is 0 Å². The van der Waals surface area contributed by atoms with E-state index in [9.17, 15) is 14.0 Å².